The van der Waals surface area contributed by atoms with Gasteiger partial charge in [0, 0.05) is 30.6 Å². The summed E-state index contributed by atoms with van der Waals surface area (Å²) in [5, 5.41) is 9.67. The molecule has 0 aliphatic rings. The molecule has 2 heterocycles. The summed E-state index contributed by atoms with van der Waals surface area (Å²) in [5.74, 6) is 1.98. The Kier molecular flexibility index (Phi) is 5.09. The molecule has 0 aliphatic heterocycles. The van der Waals surface area contributed by atoms with Crippen molar-refractivity contribution >= 4 is 23.0 Å². The third kappa shape index (κ3) is 4.17. The van der Waals surface area contributed by atoms with Gasteiger partial charge in [0.25, 0.3) is 0 Å². The topological polar surface area (TPSA) is 62.7 Å². The number of rotatable bonds is 7. The van der Waals surface area contributed by atoms with Crippen LogP contribution in [0.2, 0.25) is 0 Å². The van der Waals surface area contributed by atoms with E-state index < -0.39 is 0 Å². The molecule has 0 aliphatic carbocycles. The number of aromatic nitrogens is 3. The highest BCUT2D eigenvalue weighted by Crippen LogP contribution is 2.18. The van der Waals surface area contributed by atoms with E-state index in [9.17, 15) is 0 Å². The van der Waals surface area contributed by atoms with Crippen molar-refractivity contribution in [3.8, 4) is 0 Å². The third-order valence-electron chi connectivity index (χ3n) is 2.65. The van der Waals surface area contributed by atoms with E-state index in [1.165, 1.54) is 0 Å². The highest BCUT2D eigenvalue weighted by molar-refractivity contribution is 7.09. The fourth-order valence-electron chi connectivity index (χ4n) is 1.61. The Labute approximate surface area is 117 Å². The van der Waals surface area contributed by atoms with Crippen LogP contribution in [0.3, 0.4) is 0 Å². The number of hydrogen-bond donors (Lipinski definition) is 2. The van der Waals surface area contributed by atoms with E-state index in [0.717, 1.165) is 36.2 Å². The first kappa shape index (κ1) is 13.7. The average molecular weight is 277 g/mol. The molecular formula is C13H19N5S. The van der Waals surface area contributed by atoms with E-state index in [1.807, 2.05) is 11.6 Å². The van der Waals surface area contributed by atoms with Gasteiger partial charge < -0.3 is 10.6 Å². The Morgan fingerprint density at radius 3 is 2.74 bits per heavy atom. The molecule has 1 atom stereocenters. The summed E-state index contributed by atoms with van der Waals surface area (Å²) >= 11 is 1.68. The highest BCUT2D eigenvalue weighted by Gasteiger charge is 2.08. The van der Waals surface area contributed by atoms with Gasteiger partial charge >= 0.3 is 0 Å². The fourth-order valence-corrected chi connectivity index (χ4v) is 2.31. The molecule has 0 saturated carbocycles. The van der Waals surface area contributed by atoms with Crippen molar-refractivity contribution in [3.05, 3.63) is 29.0 Å². The molecule has 0 radical (unpaired) electrons. The molecule has 19 heavy (non-hydrogen) atoms. The van der Waals surface area contributed by atoms with Crippen LogP contribution < -0.4 is 10.6 Å². The van der Waals surface area contributed by atoms with Crippen LogP contribution in [-0.2, 0) is 0 Å². The Hall–Kier alpha value is -1.69. The molecule has 102 valence electrons. The monoisotopic (exact) mass is 277 g/mol. The largest absolute Gasteiger partial charge is 0.369 e. The zero-order chi connectivity index (χ0) is 13.5. The molecule has 0 bridgehead atoms. The molecule has 0 fully saturated rings. The first-order chi connectivity index (χ1) is 9.29. The molecule has 0 saturated heterocycles. The van der Waals surface area contributed by atoms with Gasteiger partial charge in [-0.3, -0.25) is 4.98 Å². The lowest BCUT2D eigenvalue weighted by molar-refractivity contribution is 0.791. The van der Waals surface area contributed by atoms with Crippen molar-refractivity contribution in [2.45, 2.75) is 26.2 Å². The minimum Gasteiger partial charge on any atom is -0.369 e. The minimum atomic E-state index is 0.369. The van der Waals surface area contributed by atoms with Gasteiger partial charge in [0.05, 0.1) is 17.4 Å². The average Bonchev–Trinajstić information content (AvgIpc) is 2.97. The predicted octanol–water partition coefficient (Wildman–Crippen LogP) is 2.97. The number of hydrogen-bond acceptors (Lipinski definition) is 6. The SMILES string of the molecule is CCCNc1cncc(NCC(C)c2nccs2)n1. The van der Waals surface area contributed by atoms with Crippen LogP contribution >= 0.6 is 11.3 Å². The number of nitrogens with one attached hydrogen (secondary N) is 2. The standard InChI is InChI=1S/C13H19N5S/c1-3-4-15-11-8-14-9-12(18-11)17-7-10(2)13-16-5-6-19-13/h5-6,8-10H,3-4,7H2,1-2H3,(H2,15,17,18). The molecule has 0 aromatic carbocycles. The second-order valence-electron chi connectivity index (χ2n) is 4.37. The Morgan fingerprint density at radius 2 is 2.05 bits per heavy atom. The zero-order valence-electron chi connectivity index (χ0n) is 11.3. The van der Waals surface area contributed by atoms with Gasteiger partial charge in [-0.25, -0.2) is 9.97 Å². The molecule has 6 heteroatoms. The van der Waals surface area contributed by atoms with Gasteiger partial charge in [0.15, 0.2) is 0 Å². The zero-order valence-corrected chi connectivity index (χ0v) is 12.1. The van der Waals surface area contributed by atoms with Crippen molar-refractivity contribution in [3.63, 3.8) is 0 Å². The summed E-state index contributed by atoms with van der Waals surface area (Å²) in [5.41, 5.74) is 0. The van der Waals surface area contributed by atoms with Gasteiger partial charge in [-0.05, 0) is 6.42 Å². The van der Waals surface area contributed by atoms with Crippen LogP contribution in [-0.4, -0.2) is 28.0 Å². The van der Waals surface area contributed by atoms with E-state index in [-0.39, 0.29) is 0 Å². The number of nitrogens with zero attached hydrogens (tertiary/aromatic N) is 3. The molecule has 5 nitrogen and oxygen atoms in total. The molecule has 2 N–H and O–H groups in total. The first-order valence-corrected chi connectivity index (χ1v) is 7.36. The maximum Gasteiger partial charge on any atom is 0.146 e. The van der Waals surface area contributed by atoms with Crippen molar-refractivity contribution in [1.29, 1.82) is 0 Å². The number of thiazole rings is 1. The quantitative estimate of drug-likeness (QED) is 0.814. The van der Waals surface area contributed by atoms with Crippen molar-refractivity contribution in [1.82, 2.24) is 15.0 Å². The summed E-state index contributed by atoms with van der Waals surface area (Å²) in [7, 11) is 0. The highest BCUT2D eigenvalue weighted by atomic mass is 32.1. The smallest absolute Gasteiger partial charge is 0.146 e. The van der Waals surface area contributed by atoms with Crippen molar-refractivity contribution < 1.29 is 0 Å². The minimum absolute atomic E-state index is 0.369. The van der Waals surface area contributed by atoms with Crippen LogP contribution in [0.4, 0.5) is 11.6 Å². The Morgan fingerprint density at radius 1 is 1.26 bits per heavy atom. The van der Waals surface area contributed by atoms with Gasteiger partial charge in [-0.15, -0.1) is 11.3 Å². The van der Waals surface area contributed by atoms with Crippen LogP contribution in [0, 0.1) is 0 Å². The van der Waals surface area contributed by atoms with E-state index in [1.54, 1.807) is 23.7 Å². The first-order valence-electron chi connectivity index (χ1n) is 6.48. The molecule has 2 aromatic rings. The summed E-state index contributed by atoms with van der Waals surface area (Å²) in [6, 6.07) is 0. The van der Waals surface area contributed by atoms with Gasteiger partial charge in [0.1, 0.15) is 11.6 Å². The lowest BCUT2D eigenvalue weighted by Gasteiger charge is -2.11. The second kappa shape index (κ2) is 7.04. The lowest BCUT2D eigenvalue weighted by atomic mass is 10.2. The molecule has 0 amide bonds. The van der Waals surface area contributed by atoms with Gasteiger partial charge in [-0.2, -0.15) is 0 Å². The molecule has 2 aromatic heterocycles. The Balaban J connectivity index is 1.88. The number of anilines is 2. The summed E-state index contributed by atoms with van der Waals surface area (Å²) in [4.78, 5) is 13.0. The maximum atomic E-state index is 4.46. The Bertz CT molecular complexity index is 486. The van der Waals surface area contributed by atoms with Crippen LogP contribution in [0.5, 0.6) is 0 Å². The normalized spacial score (nSPS) is 12.1. The summed E-state index contributed by atoms with van der Waals surface area (Å²) in [6.45, 7) is 5.99. The van der Waals surface area contributed by atoms with Crippen LogP contribution in [0.15, 0.2) is 24.0 Å². The van der Waals surface area contributed by atoms with E-state index in [4.69, 9.17) is 0 Å². The second-order valence-corrected chi connectivity index (χ2v) is 5.29. The van der Waals surface area contributed by atoms with Gasteiger partial charge in [0.2, 0.25) is 0 Å². The van der Waals surface area contributed by atoms with E-state index in [2.05, 4.69) is 39.4 Å². The molecule has 0 spiro atoms. The van der Waals surface area contributed by atoms with Crippen molar-refractivity contribution in [2.24, 2.45) is 0 Å². The van der Waals surface area contributed by atoms with Gasteiger partial charge in [-0.1, -0.05) is 13.8 Å². The molecule has 1 unspecified atom stereocenters. The van der Waals surface area contributed by atoms with Crippen molar-refractivity contribution in [2.75, 3.05) is 23.7 Å². The maximum absolute atomic E-state index is 4.46. The summed E-state index contributed by atoms with van der Waals surface area (Å²) < 4.78 is 0. The van der Waals surface area contributed by atoms with E-state index >= 15 is 0 Å². The predicted molar refractivity (Wildman–Crippen MR) is 79.8 cm³/mol. The molecule has 2 rings (SSSR count). The fraction of sp³-hybridized carbons (Fsp3) is 0.462. The lowest BCUT2D eigenvalue weighted by Crippen LogP contribution is -2.12. The van der Waals surface area contributed by atoms with E-state index in [0.29, 0.717) is 5.92 Å². The van der Waals surface area contributed by atoms with Crippen LogP contribution in [0.1, 0.15) is 31.2 Å². The summed E-state index contributed by atoms with van der Waals surface area (Å²) in [6.07, 6.45) is 6.39. The third-order valence-corrected chi connectivity index (χ3v) is 3.66. The molecular weight excluding hydrogens is 258 g/mol. The van der Waals surface area contributed by atoms with Crippen LogP contribution in [0.25, 0.3) is 0 Å².